The number of carbonyl (C=O) groups is 3. The fraction of sp³-hybridized carbons (Fsp3) is 0.930. The van der Waals surface area contributed by atoms with Crippen molar-refractivity contribution in [2.24, 2.45) is 0 Å². The van der Waals surface area contributed by atoms with Crippen molar-refractivity contribution in [3.63, 3.8) is 0 Å². The number of unbranched alkanes of at least 4 members (excludes halogenated alkanes) is 53. The molecule has 0 aromatic heterocycles. The van der Waals surface area contributed by atoms with Gasteiger partial charge in [-0.05, 0) is 38.5 Å². The maximum Gasteiger partial charge on any atom is 0.306 e. The van der Waals surface area contributed by atoms with E-state index < -0.39 is 6.10 Å². The summed E-state index contributed by atoms with van der Waals surface area (Å²) >= 11 is 0. The van der Waals surface area contributed by atoms with Gasteiger partial charge in [-0.25, -0.2) is 0 Å². The molecule has 0 fully saturated rings. The van der Waals surface area contributed by atoms with Gasteiger partial charge in [0.2, 0.25) is 0 Å². The van der Waals surface area contributed by atoms with Crippen LogP contribution in [0, 0.1) is 0 Å². The Hall–Kier alpha value is -1.85. The lowest BCUT2D eigenvalue weighted by atomic mass is 10.0. The number of hydrogen-bond donors (Lipinski definition) is 0. The second-order valence-corrected chi connectivity index (χ2v) is 24.2. The van der Waals surface area contributed by atoms with Crippen molar-refractivity contribution in [2.75, 3.05) is 13.2 Å². The minimum absolute atomic E-state index is 0.0660. The Morgan fingerprint density at radius 1 is 0.247 bits per heavy atom. The molecule has 0 aliphatic carbocycles. The zero-order valence-corrected chi connectivity index (χ0v) is 52.5. The maximum absolute atomic E-state index is 12.9. The predicted molar refractivity (Wildman–Crippen MR) is 335 cm³/mol. The van der Waals surface area contributed by atoms with Crippen LogP contribution in [-0.4, -0.2) is 37.2 Å². The maximum atomic E-state index is 12.9. The fourth-order valence-electron chi connectivity index (χ4n) is 11.0. The third-order valence-corrected chi connectivity index (χ3v) is 16.3. The van der Waals surface area contributed by atoms with Gasteiger partial charge in [0.15, 0.2) is 6.10 Å². The van der Waals surface area contributed by atoms with Gasteiger partial charge in [-0.15, -0.1) is 0 Å². The van der Waals surface area contributed by atoms with E-state index in [2.05, 4.69) is 32.9 Å². The average molecular weight is 1090 g/mol. The Morgan fingerprint density at radius 3 is 0.688 bits per heavy atom. The number of rotatable bonds is 66. The molecule has 0 amide bonds. The third kappa shape index (κ3) is 64.9. The molecule has 0 spiro atoms. The van der Waals surface area contributed by atoms with E-state index in [1.165, 1.54) is 302 Å². The van der Waals surface area contributed by atoms with E-state index in [-0.39, 0.29) is 31.1 Å². The molecule has 0 saturated heterocycles. The van der Waals surface area contributed by atoms with E-state index in [4.69, 9.17) is 14.2 Å². The van der Waals surface area contributed by atoms with E-state index in [1.54, 1.807) is 0 Å². The zero-order valence-electron chi connectivity index (χ0n) is 52.5. The highest BCUT2D eigenvalue weighted by Gasteiger charge is 2.19. The van der Waals surface area contributed by atoms with Crippen molar-refractivity contribution >= 4 is 17.9 Å². The molecule has 0 saturated carbocycles. The highest BCUT2D eigenvalue weighted by atomic mass is 16.6. The standard InChI is InChI=1S/C71H136O6/c1-4-7-10-13-16-19-22-24-26-28-30-31-32-33-34-35-36-37-38-39-41-42-44-46-49-52-55-58-61-64-70(73)76-67-68(66-75-69(72)63-60-57-54-51-48-21-18-15-12-9-6-3)77-71(74)65-62-59-56-53-50-47-45-43-40-29-27-25-23-20-17-14-11-8-5-2/h15,18,68H,4-14,16-17,19-67H2,1-3H3/b18-15-. The van der Waals surface area contributed by atoms with E-state index in [0.29, 0.717) is 19.3 Å². The summed E-state index contributed by atoms with van der Waals surface area (Å²) in [6.07, 6.45) is 79.7. The molecule has 0 radical (unpaired) electrons. The largest absolute Gasteiger partial charge is 0.462 e. The summed E-state index contributed by atoms with van der Waals surface area (Å²) in [5, 5.41) is 0. The molecule has 6 nitrogen and oxygen atoms in total. The van der Waals surface area contributed by atoms with Gasteiger partial charge in [0.1, 0.15) is 13.2 Å². The van der Waals surface area contributed by atoms with Crippen LogP contribution in [0.4, 0.5) is 0 Å². The molecule has 6 heteroatoms. The van der Waals surface area contributed by atoms with Gasteiger partial charge in [0, 0.05) is 19.3 Å². The summed E-state index contributed by atoms with van der Waals surface area (Å²) in [7, 11) is 0. The molecule has 456 valence electrons. The minimum Gasteiger partial charge on any atom is -0.462 e. The molecule has 1 unspecified atom stereocenters. The van der Waals surface area contributed by atoms with Crippen LogP contribution in [0.5, 0.6) is 0 Å². The molecule has 0 aromatic carbocycles. The van der Waals surface area contributed by atoms with Gasteiger partial charge in [-0.3, -0.25) is 14.4 Å². The van der Waals surface area contributed by atoms with Gasteiger partial charge in [-0.2, -0.15) is 0 Å². The minimum atomic E-state index is -0.769. The molecule has 0 heterocycles. The lowest BCUT2D eigenvalue weighted by Crippen LogP contribution is -2.30. The second-order valence-electron chi connectivity index (χ2n) is 24.2. The van der Waals surface area contributed by atoms with Crippen LogP contribution < -0.4 is 0 Å². The van der Waals surface area contributed by atoms with Crippen molar-refractivity contribution in [3.05, 3.63) is 12.2 Å². The van der Waals surface area contributed by atoms with E-state index >= 15 is 0 Å². The molecule has 0 N–H and O–H groups in total. The van der Waals surface area contributed by atoms with Crippen LogP contribution >= 0.6 is 0 Å². The predicted octanol–water partition coefficient (Wildman–Crippen LogP) is 24.0. The monoisotopic (exact) mass is 1090 g/mol. The van der Waals surface area contributed by atoms with Gasteiger partial charge in [0.05, 0.1) is 0 Å². The van der Waals surface area contributed by atoms with Crippen LogP contribution in [0.25, 0.3) is 0 Å². The first-order valence-electron chi connectivity index (χ1n) is 35.2. The molecule has 0 rings (SSSR count). The zero-order chi connectivity index (χ0) is 55.7. The Morgan fingerprint density at radius 2 is 0.442 bits per heavy atom. The van der Waals surface area contributed by atoms with Crippen LogP contribution in [0.1, 0.15) is 406 Å². The summed E-state index contributed by atoms with van der Waals surface area (Å²) in [6, 6.07) is 0. The number of esters is 3. The number of carbonyl (C=O) groups excluding carboxylic acids is 3. The Bertz CT molecular complexity index is 1200. The highest BCUT2D eigenvalue weighted by molar-refractivity contribution is 5.71. The summed E-state index contributed by atoms with van der Waals surface area (Å²) in [5.41, 5.74) is 0. The Labute approximate surface area is 481 Å². The van der Waals surface area contributed by atoms with Crippen LogP contribution in [0.2, 0.25) is 0 Å². The average Bonchev–Trinajstić information content (AvgIpc) is 3.43. The van der Waals surface area contributed by atoms with Crippen LogP contribution in [0.3, 0.4) is 0 Å². The molecule has 77 heavy (non-hydrogen) atoms. The number of allylic oxidation sites excluding steroid dienone is 2. The van der Waals surface area contributed by atoms with E-state index in [9.17, 15) is 14.4 Å². The van der Waals surface area contributed by atoms with Crippen molar-refractivity contribution in [1.82, 2.24) is 0 Å². The molecule has 1 atom stereocenters. The lowest BCUT2D eigenvalue weighted by Gasteiger charge is -2.18. The van der Waals surface area contributed by atoms with Crippen molar-refractivity contribution in [2.45, 2.75) is 412 Å². The first kappa shape index (κ1) is 75.2. The summed E-state index contributed by atoms with van der Waals surface area (Å²) < 4.78 is 17.0. The van der Waals surface area contributed by atoms with Gasteiger partial charge < -0.3 is 14.2 Å². The van der Waals surface area contributed by atoms with E-state index in [1.807, 2.05) is 0 Å². The van der Waals surface area contributed by atoms with Crippen molar-refractivity contribution in [3.8, 4) is 0 Å². The smallest absolute Gasteiger partial charge is 0.306 e. The lowest BCUT2D eigenvalue weighted by molar-refractivity contribution is -0.167. The first-order chi connectivity index (χ1) is 38.0. The molecular formula is C71H136O6. The van der Waals surface area contributed by atoms with Crippen molar-refractivity contribution < 1.29 is 28.6 Å². The van der Waals surface area contributed by atoms with E-state index in [0.717, 1.165) is 64.2 Å². The molecule has 0 aliphatic heterocycles. The molecule has 0 aliphatic rings. The quantitative estimate of drug-likeness (QED) is 0.0261. The SMILES string of the molecule is CCCC/C=C\CCCCCCCC(=O)OCC(COC(=O)CCCCCCCCCCCCCCCCCCCCCCCCCCCCCCC)OC(=O)CCCCCCCCCCCCCCCCCCCCC. The van der Waals surface area contributed by atoms with Gasteiger partial charge in [0.25, 0.3) is 0 Å². The summed E-state index contributed by atoms with van der Waals surface area (Å²) in [5.74, 6) is -0.844. The summed E-state index contributed by atoms with van der Waals surface area (Å²) in [6.45, 7) is 6.68. The highest BCUT2D eigenvalue weighted by Crippen LogP contribution is 2.19. The van der Waals surface area contributed by atoms with Gasteiger partial charge in [-0.1, -0.05) is 360 Å². The normalized spacial score (nSPS) is 12.0. The second kappa shape index (κ2) is 66.7. The van der Waals surface area contributed by atoms with Crippen LogP contribution in [0.15, 0.2) is 12.2 Å². The molecule has 0 bridgehead atoms. The Kier molecular flexibility index (Phi) is 65.1. The topological polar surface area (TPSA) is 78.9 Å². The Balaban J connectivity index is 4.10. The molecule has 0 aromatic rings. The number of ether oxygens (including phenoxy) is 3. The number of hydrogen-bond acceptors (Lipinski definition) is 6. The van der Waals surface area contributed by atoms with Crippen LogP contribution in [-0.2, 0) is 28.6 Å². The first-order valence-corrected chi connectivity index (χ1v) is 35.2. The third-order valence-electron chi connectivity index (χ3n) is 16.3. The van der Waals surface area contributed by atoms with Gasteiger partial charge >= 0.3 is 17.9 Å². The fourth-order valence-corrected chi connectivity index (χ4v) is 11.0. The summed E-state index contributed by atoms with van der Waals surface area (Å²) in [4.78, 5) is 38.3. The van der Waals surface area contributed by atoms with Crippen molar-refractivity contribution in [1.29, 1.82) is 0 Å². The molecular weight excluding hydrogens is 949 g/mol.